The predicted molar refractivity (Wildman–Crippen MR) is 110 cm³/mol. The Balaban J connectivity index is 1.42. The zero-order valence-corrected chi connectivity index (χ0v) is 17.6. The Morgan fingerprint density at radius 3 is 2.38 bits per heavy atom. The Labute approximate surface area is 172 Å². The van der Waals surface area contributed by atoms with Gasteiger partial charge in [0.2, 0.25) is 5.91 Å². The number of fused-ring (bicyclic) bond motifs is 4. The van der Waals surface area contributed by atoms with Crippen LogP contribution in [0.3, 0.4) is 0 Å². The van der Waals surface area contributed by atoms with Gasteiger partial charge in [0.1, 0.15) is 0 Å². The van der Waals surface area contributed by atoms with Crippen LogP contribution in [0.25, 0.3) is 0 Å². The van der Waals surface area contributed by atoms with Gasteiger partial charge < -0.3 is 4.90 Å². The quantitative estimate of drug-likeness (QED) is 0.673. The number of carbonyl (C=O) groups excluding carboxylic acids is 3. The maximum atomic E-state index is 13.5. The van der Waals surface area contributed by atoms with Gasteiger partial charge in [-0.1, -0.05) is 33.9 Å². The van der Waals surface area contributed by atoms with Gasteiger partial charge in [-0.15, -0.1) is 0 Å². The summed E-state index contributed by atoms with van der Waals surface area (Å²) in [5.74, 6) is -0.325. The van der Waals surface area contributed by atoms with Crippen LogP contribution in [0.15, 0.2) is 33.9 Å². The van der Waals surface area contributed by atoms with Crippen LogP contribution in [0.4, 0.5) is 4.79 Å². The van der Waals surface area contributed by atoms with E-state index in [2.05, 4.69) is 6.08 Å². The van der Waals surface area contributed by atoms with Crippen LogP contribution in [-0.2, 0) is 9.59 Å². The van der Waals surface area contributed by atoms with Gasteiger partial charge in [0.25, 0.3) is 0 Å². The number of hydrogen-bond acceptors (Lipinski definition) is 3. The molecule has 2 saturated carbocycles. The predicted octanol–water partition coefficient (Wildman–Crippen LogP) is 4.16. The van der Waals surface area contributed by atoms with Crippen molar-refractivity contribution in [1.82, 2.24) is 9.80 Å². The van der Waals surface area contributed by atoms with Gasteiger partial charge in [-0.25, -0.2) is 4.79 Å². The second-order valence-corrected chi connectivity index (χ2v) is 9.67. The van der Waals surface area contributed by atoms with Crippen LogP contribution < -0.4 is 0 Å². The number of hydrogen-bond donors (Lipinski definition) is 0. The van der Waals surface area contributed by atoms with E-state index in [9.17, 15) is 14.4 Å². The first-order valence-corrected chi connectivity index (χ1v) is 11.1. The van der Waals surface area contributed by atoms with Crippen molar-refractivity contribution in [1.29, 1.82) is 0 Å². The van der Waals surface area contributed by atoms with Gasteiger partial charge >= 0.3 is 6.03 Å². The highest BCUT2D eigenvalue weighted by Gasteiger charge is 2.50. The summed E-state index contributed by atoms with van der Waals surface area (Å²) in [6.07, 6.45) is 11.5. The summed E-state index contributed by atoms with van der Waals surface area (Å²) in [4.78, 5) is 42.6. The van der Waals surface area contributed by atoms with Crippen molar-refractivity contribution in [2.45, 2.75) is 64.7 Å². The summed E-state index contributed by atoms with van der Waals surface area (Å²) < 4.78 is 0. The molecule has 3 fully saturated rings. The molecule has 1 aliphatic heterocycles. The molecule has 1 heterocycles. The van der Waals surface area contributed by atoms with E-state index in [0.29, 0.717) is 6.54 Å². The van der Waals surface area contributed by atoms with E-state index in [0.717, 1.165) is 63.4 Å². The van der Waals surface area contributed by atoms with Gasteiger partial charge in [-0.3, -0.25) is 14.5 Å². The number of ketones is 1. The van der Waals surface area contributed by atoms with Crippen molar-refractivity contribution in [3.05, 3.63) is 33.9 Å². The van der Waals surface area contributed by atoms with Crippen molar-refractivity contribution in [2.75, 3.05) is 20.1 Å². The molecule has 3 amide bonds. The summed E-state index contributed by atoms with van der Waals surface area (Å²) in [7, 11) is 1.74. The first-order valence-electron chi connectivity index (χ1n) is 11.1. The molecule has 0 aromatic carbocycles. The Morgan fingerprint density at radius 1 is 1.07 bits per heavy atom. The van der Waals surface area contributed by atoms with Crippen LogP contribution in [0.2, 0.25) is 0 Å². The van der Waals surface area contributed by atoms with Crippen molar-refractivity contribution in [3.8, 4) is 0 Å². The highest BCUT2D eigenvalue weighted by atomic mass is 16.2. The van der Waals surface area contributed by atoms with Gasteiger partial charge in [0, 0.05) is 13.6 Å². The molecule has 4 bridgehead atoms. The molecule has 1 saturated heterocycles. The molecule has 0 aromatic rings. The van der Waals surface area contributed by atoms with E-state index in [1.165, 1.54) is 27.2 Å². The lowest BCUT2D eigenvalue weighted by Gasteiger charge is -2.44. The van der Waals surface area contributed by atoms with E-state index < -0.39 is 5.41 Å². The van der Waals surface area contributed by atoms with Crippen LogP contribution in [0, 0.1) is 11.3 Å². The van der Waals surface area contributed by atoms with Gasteiger partial charge in [0.05, 0.1) is 17.9 Å². The number of Topliss-reactive ketones (excluding diaryl/α,β-unsaturated/α-hetero) is 1. The lowest BCUT2D eigenvalue weighted by atomic mass is 9.74. The second kappa shape index (κ2) is 6.68. The minimum absolute atomic E-state index is 0.0288. The largest absolute Gasteiger partial charge is 0.326 e. The maximum absolute atomic E-state index is 13.5. The molecule has 0 N–H and O–H groups in total. The third kappa shape index (κ3) is 2.77. The SMILES string of the molecule is CN1CC(C)(C2=CCCCC2)C(=O)N(CC(=O)C2C3=C4CCC(=C2CC3)C4)C1=O. The van der Waals surface area contributed by atoms with Crippen molar-refractivity contribution < 1.29 is 14.4 Å². The third-order valence-electron chi connectivity index (χ3n) is 7.89. The van der Waals surface area contributed by atoms with Gasteiger partial charge in [0.15, 0.2) is 5.78 Å². The second-order valence-electron chi connectivity index (χ2n) is 9.67. The average molecular weight is 395 g/mol. The molecule has 5 aliphatic rings. The van der Waals surface area contributed by atoms with Crippen molar-refractivity contribution >= 4 is 17.7 Å². The van der Waals surface area contributed by atoms with Gasteiger partial charge in [-0.2, -0.15) is 0 Å². The molecule has 1 atom stereocenters. The Bertz CT molecular complexity index is 881. The van der Waals surface area contributed by atoms with E-state index in [1.54, 1.807) is 11.9 Å². The number of allylic oxidation sites excluding steroid dienone is 5. The summed E-state index contributed by atoms with van der Waals surface area (Å²) >= 11 is 0. The number of imide groups is 1. The molecule has 4 aliphatic carbocycles. The molecule has 0 aromatic heterocycles. The van der Waals surface area contributed by atoms with E-state index in [4.69, 9.17) is 0 Å². The standard InChI is InChI=1S/C24H30N2O3/c1-24(17-6-4-3-5-7-17)14-25(2)23(29)26(22(24)28)13-20(27)21-18-10-11-19(21)16-9-8-15(18)12-16/h6,21H,3-5,7-14H2,1-2H3. The molecule has 5 nitrogen and oxygen atoms in total. The first kappa shape index (κ1) is 18.8. The highest BCUT2D eigenvalue weighted by Crippen LogP contribution is 2.52. The molecule has 1 unspecified atom stereocenters. The smallest absolute Gasteiger partial charge is 0.326 e. The lowest BCUT2D eigenvalue weighted by molar-refractivity contribution is -0.143. The number of nitrogens with zero attached hydrogens (tertiary/aromatic N) is 2. The van der Waals surface area contributed by atoms with Crippen LogP contribution in [-0.4, -0.2) is 47.7 Å². The molecule has 0 radical (unpaired) electrons. The first-order chi connectivity index (χ1) is 13.9. The molecule has 5 rings (SSSR count). The Kier molecular flexibility index (Phi) is 4.34. The molecular weight excluding hydrogens is 364 g/mol. The fourth-order valence-electron chi connectivity index (χ4n) is 6.37. The minimum Gasteiger partial charge on any atom is -0.326 e. The number of carbonyl (C=O) groups is 3. The topological polar surface area (TPSA) is 57.7 Å². The summed E-state index contributed by atoms with van der Waals surface area (Å²) in [5, 5.41) is 0. The average Bonchev–Trinajstić information content (AvgIpc) is 3.29. The summed E-state index contributed by atoms with van der Waals surface area (Å²) in [6.45, 7) is 2.25. The molecule has 0 spiro atoms. The van der Waals surface area contributed by atoms with Crippen molar-refractivity contribution in [2.24, 2.45) is 11.3 Å². The van der Waals surface area contributed by atoms with Crippen LogP contribution in [0.1, 0.15) is 64.7 Å². The zero-order chi connectivity index (χ0) is 20.3. The monoisotopic (exact) mass is 394 g/mol. The number of rotatable bonds is 4. The zero-order valence-electron chi connectivity index (χ0n) is 17.6. The molecule has 5 heteroatoms. The highest BCUT2D eigenvalue weighted by molar-refractivity contribution is 6.05. The van der Waals surface area contributed by atoms with Gasteiger partial charge in [-0.05, 0) is 64.7 Å². The molecule has 29 heavy (non-hydrogen) atoms. The van der Waals surface area contributed by atoms with Crippen LogP contribution in [0.5, 0.6) is 0 Å². The fourth-order valence-corrected chi connectivity index (χ4v) is 6.37. The molecule has 154 valence electrons. The Hall–Kier alpha value is -2.17. The third-order valence-corrected chi connectivity index (χ3v) is 7.89. The van der Waals surface area contributed by atoms with E-state index in [1.807, 2.05) is 6.92 Å². The Morgan fingerprint density at radius 2 is 1.76 bits per heavy atom. The molecular formula is C24H30N2O3. The normalized spacial score (nSPS) is 29.9. The van der Waals surface area contributed by atoms with Crippen LogP contribution >= 0.6 is 0 Å². The number of urea groups is 1. The number of amides is 3. The summed E-state index contributed by atoms with van der Waals surface area (Å²) in [6, 6.07) is -0.335. The maximum Gasteiger partial charge on any atom is 0.326 e. The minimum atomic E-state index is -0.711. The summed E-state index contributed by atoms with van der Waals surface area (Å²) in [5.41, 5.74) is 5.92. The van der Waals surface area contributed by atoms with E-state index in [-0.39, 0.29) is 30.2 Å². The fraction of sp³-hybridized carbons (Fsp3) is 0.625. The lowest BCUT2D eigenvalue weighted by Crippen LogP contribution is -2.61. The van der Waals surface area contributed by atoms with E-state index >= 15 is 0 Å². The van der Waals surface area contributed by atoms with Crippen molar-refractivity contribution in [3.63, 3.8) is 0 Å².